The van der Waals surface area contributed by atoms with E-state index >= 15 is 0 Å². The number of hydrogen-bond acceptors (Lipinski definition) is 3. The molecule has 1 aliphatic rings. The van der Waals surface area contributed by atoms with Crippen LogP contribution in [0.25, 0.3) is 0 Å². The van der Waals surface area contributed by atoms with Crippen LogP contribution in [0.4, 0.5) is 10.5 Å². The molecular formula is C20H22BrN3O3. The number of nitrogens with zero attached hydrogens (tertiary/aromatic N) is 1. The lowest BCUT2D eigenvalue weighted by atomic mass is 9.93. The number of carbonyl (C=O) groups is 2. The number of benzene rings is 2. The van der Waals surface area contributed by atoms with Crippen LogP contribution < -0.4 is 10.6 Å². The number of phenolic OH excluding ortho intramolecular Hbond substituents is 1. The Hall–Kier alpha value is -2.54. The van der Waals surface area contributed by atoms with E-state index < -0.39 is 0 Å². The van der Waals surface area contributed by atoms with E-state index in [1.807, 2.05) is 38.1 Å². The Morgan fingerprint density at radius 2 is 1.89 bits per heavy atom. The van der Waals surface area contributed by atoms with Gasteiger partial charge >= 0.3 is 6.03 Å². The van der Waals surface area contributed by atoms with Crippen molar-refractivity contribution in [3.63, 3.8) is 0 Å². The second-order valence-electron chi connectivity index (χ2n) is 6.84. The van der Waals surface area contributed by atoms with Gasteiger partial charge in [0.2, 0.25) is 0 Å². The number of carbonyl (C=O) groups excluding carboxylic acids is 2. The summed E-state index contributed by atoms with van der Waals surface area (Å²) in [6, 6.07) is 12.0. The van der Waals surface area contributed by atoms with Crippen LogP contribution in [0.2, 0.25) is 0 Å². The first-order valence-electron chi connectivity index (χ1n) is 8.82. The fourth-order valence-electron chi connectivity index (χ4n) is 3.03. The van der Waals surface area contributed by atoms with Crippen molar-refractivity contribution in [1.29, 1.82) is 0 Å². The van der Waals surface area contributed by atoms with Gasteiger partial charge in [-0.25, -0.2) is 4.79 Å². The number of nitrogens with one attached hydrogen (secondary N) is 2. The molecule has 0 aliphatic carbocycles. The van der Waals surface area contributed by atoms with Gasteiger partial charge in [0.25, 0.3) is 5.91 Å². The third kappa shape index (κ3) is 4.42. The molecule has 0 radical (unpaired) electrons. The molecule has 3 N–H and O–H groups in total. The predicted molar refractivity (Wildman–Crippen MR) is 108 cm³/mol. The summed E-state index contributed by atoms with van der Waals surface area (Å²) in [5, 5.41) is 15.6. The van der Waals surface area contributed by atoms with Crippen LogP contribution in [0.3, 0.4) is 0 Å². The van der Waals surface area contributed by atoms with Crippen molar-refractivity contribution in [2.75, 3.05) is 11.9 Å². The molecule has 0 spiro atoms. The number of aromatic hydroxyl groups is 1. The lowest BCUT2D eigenvalue weighted by Gasteiger charge is -2.41. The van der Waals surface area contributed by atoms with Crippen LogP contribution in [0, 0.1) is 0 Å². The highest BCUT2D eigenvalue weighted by molar-refractivity contribution is 9.10. The molecule has 6 nitrogen and oxygen atoms in total. The number of urea groups is 1. The molecule has 1 saturated heterocycles. The maximum absolute atomic E-state index is 12.9. The van der Waals surface area contributed by atoms with Gasteiger partial charge in [0.05, 0.1) is 11.6 Å². The fraction of sp³-hybridized carbons (Fsp3) is 0.300. The Bertz CT molecular complexity index is 852. The molecule has 0 aromatic heterocycles. The van der Waals surface area contributed by atoms with E-state index in [-0.39, 0.29) is 35.3 Å². The van der Waals surface area contributed by atoms with E-state index in [1.165, 1.54) is 12.1 Å². The minimum atomic E-state index is -0.356. The molecule has 1 aliphatic heterocycles. The summed E-state index contributed by atoms with van der Waals surface area (Å²) in [6.45, 7) is 4.35. The Morgan fingerprint density at radius 3 is 2.48 bits per heavy atom. The summed E-state index contributed by atoms with van der Waals surface area (Å²) in [7, 11) is 0. The van der Waals surface area contributed by atoms with Crippen LogP contribution in [0.5, 0.6) is 5.75 Å². The largest absolute Gasteiger partial charge is 0.507 e. The molecule has 3 rings (SSSR count). The standard InChI is InChI=1S/C20H22BrN3O3/c1-12(2)22-20(27)23-15-7-8-18(25)16(11-15)19(26)24-10-9-17(24)13-3-5-14(21)6-4-13/h3-8,11-12,17,25H,9-10H2,1-2H3,(H2,22,23,27). The van der Waals surface area contributed by atoms with E-state index in [9.17, 15) is 14.7 Å². The van der Waals surface area contributed by atoms with Crippen LogP contribution in [-0.2, 0) is 0 Å². The minimum absolute atomic E-state index is 0.00373. The minimum Gasteiger partial charge on any atom is -0.507 e. The third-order valence-electron chi connectivity index (χ3n) is 4.44. The zero-order valence-corrected chi connectivity index (χ0v) is 16.8. The summed E-state index contributed by atoms with van der Waals surface area (Å²) in [5.41, 5.74) is 1.69. The number of hydrogen-bond donors (Lipinski definition) is 3. The summed E-state index contributed by atoms with van der Waals surface area (Å²) in [5.74, 6) is -0.351. The van der Waals surface area contributed by atoms with Gasteiger partial charge in [0, 0.05) is 22.7 Å². The molecule has 0 saturated carbocycles. The molecular weight excluding hydrogens is 410 g/mol. The highest BCUT2D eigenvalue weighted by atomic mass is 79.9. The highest BCUT2D eigenvalue weighted by Crippen LogP contribution is 2.36. The van der Waals surface area contributed by atoms with Gasteiger partial charge in [0.1, 0.15) is 5.75 Å². The predicted octanol–water partition coefficient (Wildman–Crippen LogP) is 4.27. The van der Waals surface area contributed by atoms with Crippen LogP contribution >= 0.6 is 15.9 Å². The number of anilines is 1. The first-order chi connectivity index (χ1) is 12.8. The zero-order valence-electron chi connectivity index (χ0n) is 15.2. The summed E-state index contributed by atoms with van der Waals surface area (Å²) < 4.78 is 0.986. The first-order valence-corrected chi connectivity index (χ1v) is 9.61. The number of amides is 3. The van der Waals surface area contributed by atoms with Crippen molar-refractivity contribution in [2.24, 2.45) is 0 Å². The Morgan fingerprint density at radius 1 is 1.19 bits per heavy atom. The van der Waals surface area contributed by atoms with Crippen molar-refractivity contribution in [2.45, 2.75) is 32.4 Å². The fourth-order valence-corrected chi connectivity index (χ4v) is 3.30. The number of rotatable bonds is 4. The zero-order chi connectivity index (χ0) is 19.6. The van der Waals surface area contributed by atoms with Gasteiger partial charge in [0.15, 0.2) is 0 Å². The molecule has 1 fully saturated rings. The monoisotopic (exact) mass is 431 g/mol. The molecule has 27 heavy (non-hydrogen) atoms. The number of phenols is 1. The Kier molecular flexibility index (Phi) is 5.70. The number of likely N-dealkylation sites (tertiary alicyclic amines) is 1. The Labute approximate surface area is 166 Å². The van der Waals surface area contributed by atoms with E-state index in [2.05, 4.69) is 26.6 Å². The first kappa shape index (κ1) is 19.2. The molecule has 0 bridgehead atoms. The molecule has 142 valence electrons. The van der Waals surface area contributed by atoms with E-state index in [4.69, 9.17) is 0 Å². The van der Waals surface area contributed by atoms with Gasteiger partial charge in [-0.1, -0.05) is 28.1 Å². The second-order valence-corrected chi connectivity index (χ2v) is 7.76. The molecule has 2 aromatic rings. The Balaban J connectivity index is 1.77. The van der Waals surface area contributed by atoms with Gasteiger partial charge in [-0.3, -0.25) is 4.79 Å². The summed E-state index contributed by atoms with van der Waals surface area (Å²) in [6.07, 6.45) is 0.878. The van der Waals surface area contributed by atoms with E-state index in [0.29, 0.717) is 12.2 Å². The lowest BCUT2D eigenvalue weighted by Crippen LogP contribution is -2.45. The van der Waals surface area contributed by atoms with Gasteiger partial charge in [-0.05, 0) is 56.2 Å². The number of halogens is 1. The maximum atomic E-state index is 12.9. The van der Waals surface area contributed by atoms with Gasteiger partial charge in [-0.2, -0.15) is 0 Å². The quantitative estimate of drug-likeness (QED) is 0.632. The third-order valence-corrected chi connectivity index (χ3v) is 4.97. The van der Waals surface area contributed by atoms with Crippen molar-refractivity contribution < 1.29 is 14.7 Å². The second kappa shape index (κ2) is 8.00. The van der Waals surface area contributed by atoms with Crippen molar-refractivity contribution in [1.82, 2.24) is 10.2 Å². The van der Waals surface area contributed by atoms with Gasteiger partial charge < -0.3 is 20.6 Å². The topological polar surface area (TPSA) is 81.7 Å². The molecule has 3 amide bonds. The van der Waals surface area contributed by atoms with Gasteiger partial charge in [-0.15, -0.1) is 0 Å². The van der Waals surface area contributed by atoms with E-state index in [0.717, 1.165) is 16.5 Å². The van der Waals surface area contributed by atoms with E-state index in [1.54, 1.807) is 11.0 Å². The summed E-state index contributed by atoms with van der Waals surface area (Å²) >= 11 is 3.41. The molecule has 1 atom stereocenters. The smallest absolute Gasteiger partial charge is 0.319 e. The normalized spacial score (nSPS) is 16.0. The summed E-state index contributed by atoms with van der Waals surface area (Å²) in [4.78, 5) is 26.5. The average molecular weight is 432 g/mol. The molecule has 1 unspecified atom stereocenters. The molecule has 1 heterocycles. The van der Waals surface area contributed by atoms with Crippen LogP contribution in [0.1, 0.15) is 42.2 Å². The van der Waals surface area contributed by atoms with Crippen molar-refractivity contribution >= 4 is 33.6 Å². The van der Waals surface area contributed by atoms with Crippen LogP contribution in [0.15, 0.2) is 46.9 Å². The SMILES string of the molecule is CC(C)NC(=O)Nc1ccc(O)c(C(=O)N2CCC2c2ccc(Br)cc2)c1. The van der Waals surface area contributed by atoms with Crippen LogP contribution in [-0.4, -0.2) is 34.5 Å². The lowest BCUT2D eigenvalue weighted by molar-refractivity contribution is 0.0457. The highest BCUT2D eigenvalue weighted by Gasteiger charge is 2.34. The maximum Gasteiger partial charge on any atom is 0.319 e. The molecule has 2 aromatic carbocycles. The van der Waals surface area contributed by atoms with Crippen molar-refractivity contribution in [3.05, 3.63) is 58.1 Å². The molecule has 7 heteroatoms. The van der Waals surface area contributed by atoms with Crippen molar-refractivity contribution in [3.8, 4) is 5.75 Å². The average Bonchev–Trinajstić information content (AvgIpc) is 2.56.